The molecule has 0 fully saturated rings. The molecule has 2 N–H and O–H groups in total. The molecule has 0 spiro atoms. The van der Waals surface area contributed by atoms with Crippen LogP contribution in [0.2, 0.25) is 0 Å². The van der Waals surface area contributed by atoms with Gasteiger partial charge in [0.25, 0.3) is 0 Å². The molecule has 114 valence electrons. The van der Waals surface area contributed by atoms with Crippen LogP contribution in [0.3, 0.4) is 0 Å². The van der Waals surface area contributed by atoms with Gasteiger partial charge in [0.2, 0.25) is 5.89 Å². The summed E-state index contributed by atoms with van der Waals surface area (Å²) >= 11 is 0. The van der Waals surface area contributed by atoms with Gasteiger partial charge in [-0.15, -0.1) is 0 Å². The first-order chi connectivity index (χ1) is 10.2. The van der Waals surface area contributed by atoms with Crippen molar-refractivity contribution in [1.82, 2.24) is 9.88 Å². The van der Waals surface area contributed by atoms with Crippen LogP contribution in [0.5, 0.6) is 0 Å². The van der Waals surface area contributed by atoms with E-state index < -0.39 is 0 Å². The number of oxazole rings is 1. The highest BCUT2D eigenvalue weighted by atomic mass is 19.1. The fourth-order valence-electron chi connectivity index (χ4n) is 2.04. The zero-order chi connectivity index (χ0) is 15.1. The first-order valence-corrected chi connectivity index (χ1v) is 6.87. The minimum Gasteiger partial charge on any atom is -0.444 e. The average Bonchev–Trinajstić information content (AvgIpc) is 2.94. The Labute approximate surface area is 122 Å². The summed E-state index contributed by atoms with van der Waals surface area (Å²) in [5.74, 6) is 0.139. The maximum atomic E-state index is 12.9. The van der Waals surface area contributed by atoms with E-state index >= 15 is 0 Å². The highest BCUT2D eigenvalue weighted by Crippen LogP contribution is 2.19. The van der Waals surface area contributed by atoms with Crippen molar-refractivity contribution in [3.05, 3.63) is 42.0 Å². The SMILES string of the molecule is OCCCN(CCO)Cc1coc(-c2ccc(F)cc2)n1. The normalized spacial score (nSPS) is 11.2. The summed E-state index contributed by atoms with van der Waals surface area (Å²) in [6.45, 7) is 1.88. The van der Waals surface area contributed by atoms with Crippen LogP contribution in [-0.2, 0) is 6.54 Å². The third-order valence-electron chi connectivity index (χ3n) is 3.08. The number of rotatable bonds is 8. The van der Waals surface area contributed by atoms with E-state index in [0.717, 1.165) is 5.69 Å². The van der Waals surface area contributed by atoms with Crippen molar-refractivity contribution in [3.8, 4) is 11.5 Å². The first kappa shape index (κ1) is 15.6. The summed E-state index contributed by atoms with van der Waals surface area (Å²) < 4.78 is 18.3. The Morgan fingerprint density at radius 1 is 1.10 bits per heavy atom. The molecule has 0 aliphatic heterocycles. The molecule has 0 saturated carbocycles. The largest absolute Gasteiger partial charge is 0.444 e. The van der Waals surface area contributed by atoms with Crippen LogP contribution in [0.4, 0.5) is 4.39 Å². The zero-order valence-electron chi connectivity index (χ0n) is 11.7. The Morgan fingerprint density at radius 3 is 2.52 bits per heavy atom. The van der Waals surface area contributed by atoms with Crippen LogP contribution in [-0.4, -0.2) is 46.4 Å². The molecule has 0 radical (unpaired) electrons. The fraction of sp³-hybridized carbons (Fsp3) is 0.400. The second-order valence-electron chi connectivity index (χ2n) is 4.73. The van der Waals surface area contributed by atoms with E-state index in [4.69, 9.17) is 14.6 Å². The summed E-state index contributed by atoms with van der Waals surface area (Å²) in [6, 6.07) is 5.95. The smallest absolute Gasteiger partial charge is 0.226 e. The highest BCUT2D eigenvalue weighted by Gasteiger charge is 2.11. The maximum absolute atomic E-state index is 12.9. The number of hydrogen-bond acceptors (Lipinski definition) is 5. The van der Waals surface area contributed by atoms with Gasteiger partial charge in [0.1, 0.15) is 12.1 Å². The molecule has 6 heteroatoms. The van der Waals surface area contributed by atoms with Crippen molar-refractivity contribution >= 4 is 0 Å². The van der Waals surface area contributed by atoms with Crippen molar-refractivity contribution in [2.75, 3.05) is 26.3 Å². The lowest BCUT2D eigenvalue weighted by molar-refractivity contribution is 0.173. The Morgan fingerprint density at radius 2 is 1.86 bits per heavy atom. The number of nitrogens with zero attached hydrogens (tertiary/aromatic N) is 2. The minimum atomic E-state index is -0.302. The van der Waals surface area contributed by atoms with Gasteiger partial charge in [0, 0.05) is 31.8 Å². The molecule has 2 aromatic rings. The molecule has 5 nitrogen and oxygen atoms in total. The van der Waals surface area contributed by atoms with Crippen molar-refractivity contribution in [1.29, 1.82) is 0 Å². The standard InChI is InChI=1S/C15H19FN2O3/c16-13-4-2-12(3-5-13)15-17-14(11-21-15)10-18(7-9-20)6-1-8-19/h2-5,11,19-20H,1,6-10H2. The molecule has 1 aromatic carbocycles. The lowest BCUT2D eigenvalue weighted by Crippen LogP contribution is -2.28. The Bertz CT molecular complexity index is 542. The predicted octanol–water partition coefficient (Wildman–Crippen LogP) is 1.66. The third kappa shape index (κ3) is 4.63. The van der Waals surface area contributed by atoms with Crippen LogP contribution in [0.25, 0.3) is 11.5 Å². The van der Waals surface area contributed by atoms with Gasteiger partial charge in [-0.3, -0.25) is 4.90 Å². The molecule has 0 aliphatic rings. The Hall–Kier alpha value is -1.76. The van der Waals surface area contributed by atoms with Crippen molar-refractivity contribution in [3.63, 3.8) is 0 Å². The number of aliphatic hydroxyl groups is 2. The predicted molar refractivity (Wildman–Crippen MR) is 76.0 cm³/mol. The summed E-state index contributed by atoms with van der Waals surface area (Å²) in [5.41, 5.74) is 1.45. The number of benzene rings is 1. The molecular formula is C15H19FN2O3. The molecule has 0 amide bonds. The van der Waals surface area contributed by atoms with Gasteiger partial charge in [-0.25, -0.2) is 9.37 Å². The van der Waals surface area contributed by atoms with Gasteiger partial charge in [-0.05, 0) is 30.7 Å². The van der Waals surface area contributed by atoms with E-state index in [1.165, 1.54) is 12.1 Å². The van der Waals surface area contributed by atoms with Crippen LogP contribution < -0.4 is 0 Å². The molecule has 0 saturated heterocycles. The lowest BCUT2D eigenvalue weighted by Gasteiger charge is -2.19. The van der Waals surface area contributed by atoms with Gasteiger partial charge < -0.3 is 14.6 Å². The average molecular weight is 294 g/mol. The van der Waals surface area contributed by atoms with Crippen LogP contribution in [0.1, 0.15) is 12.1 Å². The van der Waals surface area contributed by atoms with Crippen molar-refractivity contribution in [2.24, 2.45) is 0 Å². The van der Waals surface area contributed by atoms with Gasteiger partial charge >= 0.3 is 0 Å². The third-order valence-corrected chi connectivity index (χ3v) is 3.08. The maximum Gasteiger partial charge on any atom is 0.226 e. The molecule has 0 unspecified atom stereocenters. The Kier molecular flexibility index (Phi) is 5.86. The summed E-state index contributed by atoms with van der Waals surface area (Å²) in [7, 11) is 0. The van der Waals surface area contributed by atoms with Gasteiger partial charge in [0.15, 0.2) is 0 Å². The number of halogens is 1. The monoisotopic (exact) mass is 294 g/mol. The molecule has 1 aromatic heterocycles. The van der Waals surface area contributed by atoms with Gasteiger partial charge in [-0.1, -0.05) is 0 Å². The number of aliphatic hydroxyl groups excluding tert-OH is 2. The number of aromatic nitrogens is 1. The minimum absolute atomic E-state index is 0.0497. The summed E-state index contributed by atoms with van der Waals surface area (Å²) in [6.07, 6.45) is 2.20. The first-order valence-electron chi connectivity index (χ1n) is 6.87. The van der Waals surface area contributed by atoms with E-state index in [1.54, 1.807) is 18.4 Å². The van der Waals surface area contributed by atoms with Crippen LogP contribution in [0, 0.1) is 5.82 Å². The van der Waals surface area contributed by atoms with Crippen molar-refractivity contribution < 1.29 is 19.0 Å². The van der Waals surface area contributed by atoms with E-state index in [1.807, 2.05) is 4.90 Å². The van der Waals surface area contributed by atoms with Crippen molar-refractivity contribution in [2.45, 2.75) is 13.0 Å². The molecular weight excluding hydrogens is 275 g/mol. The van der Waals surface area contributed by atoms with Crippen LogP contribution >= 0.6 is 0 Å². The van der Waals surface area contributed by atoms with E-state index in [2.05, 4.69) is 4.98 Å². The molecule has 21 heavy (non-hydrogen) atoms. The second kappa shape index (κ2) is 7.87. The molecule has 0 atom stereocenters. The molecule has 1 heterocycles. The summed E-state index contributed by atoms with van der Waals surface area (Å²) in [4.78, 5) is 6.35. The lowest BCUT2D eigenvalue weighted by atomic mass is 10.2. The van der Waals surface area contributed by atoms with E-state index in [9.17, 15) is 4.39 Å². The highest BCUT2D eigenvalue weighted by molar-refractivity contribution is 5.52. The van der Waals surface area contributed by atoms with E-state index in [0.29, 0.717) is 37.5 Å². The second-order valence-corrected chi connectivity index (χ2v) is 4.73. The summed E-state index contributed by atoms with van der Waals surface area (Å²) in [5, 5.41) is 17.9. The fourth-order valence-corrected chi connectivity index (χ4v) is 2.04. The molecule has 0 aliphatic carbocycles. The van der Waals surface area contributed by atoms with Gasteiger partial charge in [-0.2, -0.15) is 0 Å². The molecule has 0 bridgehead atoms. The van der Waals surface area contributed by atoms with E-state index in [-0.39, 0.29) is 19.0 Å². The molecule has 2 rings (SSSR count). The zero-order valence-corrected chi connectivity index (χ0v) is 11.7. The van der Waals surface area contributed by atoms with Gasteiger partial charge in [0.05, 0.1) is 12.3 Å². The topological polar surface area (TPSA) is 69.7 Å². The quantitative estimate of drug-likeness (QED) is 0.775. The number of hydrogen-bond donors (Lipinski definition) is 2. The Balaban J connectivity index is 2.02. The van der Waals surface area contributed by atoms with Crippen LogP contribution in [0.15, 0.2) is 34.9 Å².